The Morgan fingerprint density at radius 2 is 2.06 bits per heavy atom. The molecule has 0 amide bonds. The van der Waals surface area contributed by atoms with Gasteiger partial charge < -0.3 is 15.4 Å². The van der Waals surface area contributed by atoms with Gasteiger partial charge in [0.25, 0.3) is 0 Å². The van der Waals surface area contributed by atoms with Crippen molar-refractivity contribution >= 4 is 34.8 Å². The molecule has 4 nitrogen and oxygen atoms in total. The summed E-state index contributed by atoms with van der Waals surface area (Å²) in [6.07, 6.45) is 2.45. The van der Waals surface area contributed by atoms with Crippen LogP contribution in [0.1, 0.15) is 19.8 Å². The number of nitrogens with one attached hydrogen (secondary N) is 2. The average Bonchev–Trinajstić information content (AvgIpc) is 2.84. The number of hydrogen-bond donors (Lipinski definition) is 2. The van der Waals surface area contributed by atoms with E-state index in [0.29, 0.717) is 21.7 Å². The number of aromatic nitrogens is 1. The lowest BCUT2D eigenvalue weighted by Crippen LogP contribution is -2.19. The lowest BCUT2D eigenvalue weighted by atomic mass is 10.2. The first-order valence-corrected chi connectivity index (χ1v) is 6.91. The molecule has 6 heteroatoms. The van der Waals surface area contributed by atoms with E-state index in [0.717, 1.165) is 32.5 Å². The topological polar surface area (TPSA) is 46.2 Å². The molecule has 1 fully saturated rings. The molecule has 0 aliphatic carbocycles. The van der Waals surface area contributed by atoms with Crippen LogP contribution < -0.4 is 10.6 Å². The third-order valence-electron chi connectivity index (χ3n) is 2.79. The standard InChI is InChI=1S/C12H17Cl2N3O/c1-2-15-11-9(13)6-10(14)12(17-11)16-7-8-4-3-5-18-8/h6,8H,2-5,7H2,1H3,(H2,15,16,17). The Kier molecular flexibility index (Phi) is 4.92. The molecule has 1 aromatic rings. The molecule has 1 atom stereocenters. The highest BCUT2D eigenvalue weighted by Gasteiger charge is 2.16. The van der Waals surface area contributed by atoms with Crippen molar-refractivity contribution in [2.24, 2.45) is 0 Å². The summed E-state index contributed by atoms with van der Waals surface area (Å²) in [5, 5.41) is 7.37. The lowest BCUT2D eigenvalue weighted by molar-refractivity contribution is 0.120. The van der Waals surface area contributed by atoms with Gasteiger partial charge >= 0.3 is 0 Å². The molecule has 18 heavy (non-hydrogen) atoms. The molecule has 0 saturated carbocycles. The molecule has 1 aromatic heterocycles. The number of nitrogens with zero attached hydrogens (tertiary/aromatic N) is 1. The summed E-state index contributed by atoms with van der Waals surface area (Å²) in [4.78, 5) is 4.38. The highest BCUT2D eigenvalue weighted by molar-refractivity contribution is 6.37. The molecule has 0 spiro atoms. The van der Waals surface area contributed by atoms with Gasteiger partial charge in [0.15, 0.2) is 0 Å². The summed E-state index contributed by atoms with van der Waals surface area (Å²) < 4.78 is 5.54. The molecular formula is C12H17Cl2N3O. The number of halogens is 2. The molecule has 2 rings (SSSR count). The summed E-state index contributed by atoms with van der Waals surface area (Å²) >= 11 is 12.2. The van der Waals surface area contributed by atoms with Crippen LogP contribution in [0.25, 0.3) is 0 Å². The maximum Gasteiger partial charge on any atom is 0.147 e. The molecule has 100 valence electrons. The van der Waals surface area contributed by atoms with Crippen molar-refractivity contribution in [3.05, 3.63) is 16.1 Å². The van der Waals surface area contributed by atoms with Gasteiger partial charge in [-0.1, -0.05) is 23.2 Å². The van der Waals surface area contributed by atoms with Crippen LogP contribution in [0.5, 0.6) is 0 Å². The third-order valence-corrected chi connectivity index (χ3v) is 3.37. The van der Waals surface area contributed by atoms with Gasteiger partial charge in [-0.05, 0) is 25.8 Å². The lowest BCUT2D eigenvalue weighted by Gasteiger charge is -2.14. The van der Waals surface area contributed by atoms with Gasteiger partial charge in [0.2, 0.25) is 0 Å². The van der Waals surface area contributed by atoms with Crippen LogP contribution >= 0.6 is 23.2 Å². The van der Waals surface area contributed by atoms with E-state index in [2.05, 4.69) is 15.6 Å². The minimum atomic E-state index is 0.251. The predicted molar refractivity (Wildman–Crippen MR) is 75.9 cm³/mol. The second-order valence-corrected chi connectivity index (χ2v) is 5.01. The predicted octanol–water partition coefficient (Wildman–Crippen LogP) is 3.41. The van der Waals surface area contributed by atoms with Crippen LogP contribution in [-0.2, 0) is 4.74 Å². The SMILES string of the molecule is CCNc1nc(NCC2CCCO2)c(Cl)cc1Cl. The van der Waals surface area contributed by atoms with Crippen LogP contribution in [0.2, 0.25) is 10.0 Å². The molecule has 1 saturated heterocycles. The molecule has 2 N–H and O–H groups in total. The summed E-state index contributed by atoms with van der Waals surface area (Å²) in [6.45, 7) is 4.32. The van der Waals surface area contributed by atoms with Crippen LogP contribution in [0, 0.1) is 0 Å². The molecule has 0 aromatic carbocycles. The molecule has 0 radical (unpaired) electrons. The van der Waals surface area contributed by atoms with Crippen molar-refractivity contribution in [1.29, 1.82) is 0 Å². The highest BCUT2D eigenvalue weighted by atomic mass is 35.5. The maximum absolute atomic E-state index is 6.11. The number of ether oxygens (including phenoxy) is 1. The van der Waals surface area contributed by atoms with E-state index in [1.807, 2.05) is 6.92 Å². The Balaban J connectivity index is 2.03. The zero-order valence-electron chi connectivity index (χ0n) is 10.3. The van der Waals surface area contributed by atoms with E-state index in [1.54, 1.807) is 6.07 Å². The van der Waals surface area contributed by atoms with Crippen molar-refractivity contribution in [1.82, 2.24) is 4.98 Å². The minimum absolute atomic E-state index is 0.251. The summed E-state index contributed by atoms with van der Waals surface area (Å²) in [5.41, 5.74) is 0. The van der Waals surface area contributed by atoms with E-state index in [4.69, 9.17) is 27.9 Å². The van der Waals surface area contributed by atoms with Crippen LogP contribution in [0.3, 0.4) is 0 Å². The highest BCUT2D eigenvalue weighted by Crippen LogP contribution is 2.29. The summed E-state index contributed by atoms with van der Waals surface area (Å²) in [5.74, 6) is 1.30. The Morgan fingerprint density at radius 1 is 1.33 bits per heavy atom. The largest absolute Gasteiger partial charge is 0.376 e. The Morgan fingerprint density at radius 3 is 2.67 bits per heavy atom. The summed E-state index contributed by atoms with van der Waals surface area (Å²) in [7, 11) is 0. The van der Waals surface area contributed by atoms with Gasteiger partial charge in [0.1, 0.15) is 11.6 Å². The second-order valence-electron chi connectivity index (χ2n) is 4.20. The average molecular weight is 290 g/mol. The van der Waals surface area contributed by atoms with Gasteiger partial charge in [0.05, 0.1) is 16.1 Å². The van der Waals surface area contributed by atoms with Crippen LogP contribution in [0.4, 0.5) is 11.6 Å². The third kappa shape index (κ3) is 3.40. The molecule has 0 bridgehead atoms. The second kappa shape index (κ2) is 6.45. The number of rotatable bonds is 5. The zero-order valence-corrected chi connectivity index (χ0v) is 11.8. The van der Waals surface area contributed by atoms with Crippen molar-refractivity contribution in [2.45, 2.75) is 25.9 Å². The van der Waals surface area contributed by atoms with Gasteiger partial charge in [-0.3, -0.25) is 0 Å². The smallest absolute Gasteiger partial charge is 0.147 e. The number of pyridine rings is 1. The van der Waals surface area contributed by atoms with E-state index >= 15 is 0 Å². The van der Waals surface area contributed by atoms with Crippen molar-refractivity contribution < 1.29 is 4.74 Å². The Bertz CT molecular complexity index is 409. The fraction of sp³-hybridized carbons (Fsp3) is 0.583. The van der Waals surface area contributed by atoms with Gasteiger partial charge in [0, 0.05) is 19.7 Å². The van der Waals surface area contributed by atoms with Crippen molar-refractivity contribution in [2.75, 3.05) is 30.3 Å². The fourth-order valence-electron chi connectivity index (χ4n) is 1.90. The monoisotopic (exact) mass is 289 g/mol. The van der Waals surface area contributed by atoms with Gasteiger partial charge in [-0.15, -0.1) is 0 Å². The molecule has 1 aliphatic rings. The van der Waals surface area contributed by atoms with E-state index < -0.39 is 0 Å². The summed E-state index contributed by atoms with van der Waals surface area (Å²) in [6, 6.07) is 1.70. The Labute approximate surface area is 117 Å². The van der Waals surface area contributed by atoms with E-state index in [1.165, 1.54) is 0 Å². The van der Waals surface area contributed by atoms with E-state index in [-0.39, 0.29) is 6.10 Å². The molecule has 1 unspecified atom stereocenters. The van der Waals surface area contributed by atoms with Gasteiger partial charge in [-0.2, -0.15) is 0 Å². The molecule has 1 aliphatic heterocycles. The van der Waals surface area contributed by atoms with E-state index in [9.17, 15) is 0 Å². The van der Waals surface area contributed by atoms with Crippen LogP contribution in [0.15, 0.2) is 6.07 Å². The Hall–Kier alpha value is -0.710. The first-order chi connectivity index (χ1) is 8.70. The quantitative estimate of drug-likeness (QED) is 0.872. The minimum Gasteiger partial charge on any atom is -0.376 e. The first-order valence-electron chi connectivity index (χ1n) is 6.16. The normalized spacial score (nSPS) is 18.9. The number of anilines is 2. The maximum atomic E-state index is 6.11. The fourth-order valence-corrected chi connectivity index (χ4v) is 2.39. The van der Waals surface area contributed by atoms with Crippen molar-refractivity contribution in [3.8, 4) is 0 Å². The zero-order chi connectivity index (χ0) is 13.0. The number of hydrogen-bond acceptors (Lipinski definition) is 4. The molecule has 2 heterocycles. The van der Waals surface area contributed by atoms with Crippen LogP contribution in [-0.4, -0.2) is 30.8 Å². The van der Waals surface area contributed by atoms with Gasteiger partial charge in [-0.25, -0.2) is 4.98 Å². The van der Waals surface area contributed by atoms with Crippen molar-refractivity contribution in [3.63, 3.8) is 0 Å². The molecular weight excluding hydrogens is 273 g/mol. The first kappa shape index (κ1) is 13.7.